The van der Waals surface area contributed by atoms with Crippen molar-refractivity contribution in [2.24, 2.45) is 0 Å². The standard InChI is InChI=1S/C27H26N2O6/c1-4-33-21-15-17(16-22(34-5-2)24(21)35-6-3)25(30)28-20-14-10-13-19-23(20)27(32)29(26(19)31)18-11-8-7-9-12-18/h7-16H,4-6H2,1-3H3,(H,28,30). The Morgan fingerprint density at radius 2 is 1.43 bits per heavy atom. The van der Waals surface area contributed by atoms with Gasteiger partial charge in [0.05, 0.1) is 42.3 Å². The van der Waals surface area contributed by atoms with Crippen LogP contribution in [0.1, 0.15) is 51.8 Å². The predicted molar refractivity (Wildman–Crippen MR) is 132 cm³/mol. The largest absolute Gasteiger partial charge is 0.490 e. The maximum atomic E-state index is 13.3. The van der Waals surface area contributed by atoms with Crippen LogP contribution >= 0.6 is 0 Å². The summed E-state index contributed by atoms with van der Waals surface area (Å²) in [4.78, 5) is 40.6. The summed E-state index contributed by atoms with van der Waals surface area (Å²) in [5.41, 5.74) is 1.35. The highest BCUT2D eigenvalue weighted by Crippen LogP contribution is 2.40. The van der Waals surface area contributed by atoms with Gasteiger partial charge in [0, 0.05) is 5.56 Å². The zero-order valence-electron chi connectivity index (χ0n) is 19.8. The Bertz CT molecular complexity index is 1240. The number of amides is 3. The predicted octanol–water partition coefficient (Wildman–Crippen LogP) is 4.94. The molecule has 0 radical (unpaired) electrons. The van der Waals surface area contributed by atoms with Gasteiger partial charge in [-0.1, -0.05) is 24.3 Å². The highest BCUT2D eigenvalue weighted by Gasteiger charge is 2.38. The van der Waals surface area contributed by atoms with Crippen LogP contribution in [0.4, 0.5) is 11.4 Å². The summed E-state index contributed by atoms with van der Waals surface area (Å²) in [5, 5.41) is 2.78. The van der Waals surface area contributed by atoms with Gasteiger partial charge in [0.2, 0.25) is 5.75 Å². The molecule has 1 aliphatic rings. The number of hydrogen-bond acceptors (Lipinski definition) is 6. The Kier molecular flexibility index (Phi) is 7.01. The van der Waals surface area contributed by atoms with E-state index in [0.29, 0.717) is 42.8 Å². The smallest absolute Gasteiger partial charge is 0.268 e. The number of carbonyl (C=O) groups excluding carboxylic acids is 3. The van der Waals surface area contributed by atoms with Crippen molar-refractivity contribution in [2.45, 2.75) is 20.8 Å². The van der Waals surface area contributed by atoms with E-state index in [1.54, 1.807) is 60.7 Å². The second-order valence-electron chi connectivity index (χ2n) is 7.56. The number of anilines is 2. The lowest BCUT2D eigenvalue weighted by Gasteiger charge is -2.17. The molecule has 0 spiro atoms. The number of hydrogen-bond donors (Lipinski definition) is 1. The Morgan fingerprint density at radius 3 is 2.03 bits per heavy atom. The van der Waals surface area contributed by atoms with E-state index < -0.39 is 17.7 Å². The van der Waals surface area contributed by atoms with E-state index in [4.69, 9.17) is 14.2 Å². The van der Waals surface area contributed by atoms with Crippen molar-refractivity contribution in [3.63, 3.8) is 0 Å². The number of rotatable bonds is 9. The van der Waals surface area contributed by atoms with Crippen LogP contribution in [-0.4, -0.2) is 37.5 Å². The zero-order valence-corrected chi connectivity index (χ0v) is 19.8. The van der Waals surface area contributed by atoms with Crippen LogP contribution in [0.3, 0.4) is 0 Å². The van der Waals surface area contributed by atoms with Gasteiger partial charge < -0.3 is 19.5 Å². The third kappa shape index (κ3) is 4.55. The van der Waals surface area contributed by atoms with Crippen molar-refractivity contribution < 1.29 is 28.6 Å². The summed E-state index contributed by atoms with van der Waals surface area (Å²) in [7, 11) is 0. The zero-order chi connectivity index (χ0) is 24.9. The minimum Gasteiger partial charge on any atom is -0.490 e. The molecule has 180 valence electrons. The molecule has 35 heavy (non-hydrogen) atoms. The molecule has 1 N–H and O–H groups in total. The SMILES string of the molecule is CCOc1cc(C(=O)Nc2cccc3c2C(=O)N(c2ccccc2)C3=O)cc(OCC)c1OCC. The lowest BCUT2D eigenvalue weighted by Crippen LogP contribution is -2.29. The van der Waals surface area contributed by atoms with Crippen LogP contribution in [0, 0.1) is 0 Å². The first-order valence-corrected chi connectivity index (χ1v) is 11.4. The van der Waals surface area contributed by atoms with E-state index in [0.717, 1.165) is 4.90 Å². The average Bonchev–Trinajstić information content (AvgIpc) is 3.12. The van der Waals surface area contributed by atoms with Crippen molar-refractivity contribution in [1.82, 2.24) is 0 Å². The molecule has 3 aromatic carbocycles. The fourth-order valence-electron chi connectivity index (χ4n) is 3.92. The van der Waals surface area contributed by atoms with Crippen LogP contribution in [0.5, 0.6) is 17.2 Å². The van der Waals surface area contributed by atoms with Crippen LogP contribution in [-0.2, 0) is 0 Å². The molecule has 0 unspecified atom stereocenters. The third-order valence-electron chi connectivity index (χ3n) is 5.35. The summed E-state index contributed by atoms with van der Waals surface area (Å²) >= 11 is 0. The van der Waals surface area contributed by atoms with Gasteiger partial charge in [-0.25, -0.2) is 4.90 Å². The number of fused-ring (bicyclic) bond motifs is 1. The summed E-state index contributed by atoms with van der Waals surface area (Å²) in [6.45, 7) is 6.65. The molecule has 3 amide bonds. The summed E-state index contributed by atoms with van der Waals surface area (Å²) < 4.78 is 17.1. The lowest BCUT2D eigenvalue weighted by molar-refractivity contribution is 0.0926. The van der Waals surface area contributed by atoms with E-state index >= 15 is 0 Å². The fourth-order valence-corrected chi connectivity index (χ4v) is 3.92. The van der Waals surface area contributed by atoms with E-state index in [9.17, 15) is 14.4 Å². The van der Waals surface area contributed by atoms with Crippen molar-refractivity contribution in [2.75, 3.05) is 30.0 Å². The monoisotopic (exact) mass is 474 g/mol. The number of carbonyl (C=O) groups is 3. The van der Waals surface area contributed by atoms with Gasteiger partial charge in [-0.3, -0.25) is 14.4 Å². The maximum absolute atomic E-state index is 13.3. The number of benzene rings is 3. The molecule has 8 heteroatoms. The molecule has 0 atom stereocenters. The van der Waals surface area contributed by atoms with Gasteiger partial charge in [0.15, 0.2) is 11.5 Å². The van der Waals surface area contributed by atoms with Gasteiger partial charge in [-0.2, -0.15) is 0 Å². The summed E-state index contributed by atoms with van der Waals surface area (Å²) in [6.07, 6.45) is 0. The maximum Gasteiger partial charge on any atom is 0.268 e. The Hall–Kier alpha value is -4.33. The van der Waals surface area contributed by atoms with Crippen LogP contribution in [0.2, 0.25) is 0 Å². The second kappa shape index (κ2) is 10.3. The van der Waals surface area contributed by atoms with Gasteiger partial charge in [0.1, 0.15) is 0 Å². The Labute approximate surface area is 203 Å². The second-order valence-corrected chi connectivity index (χ2v) is 7.56. The molecule has 0 saturated heterocycles. The molecule has 0 bridgehead atoms. The minimum atomic E-state index is -0.496. The van der Waals surface area contributed by atoms with Crippen molar-refractivity contribution in [1.29, 1.82) is 0 Å². The molecule has 4 rings (SSSR count). The quantitative estimate of drug-likeness (QED) is 0.442. The van der Waals surface area contributed by atoms with E-state index in [1.807, 2.05) is 20.8 Å². The summed E-state index contributed by atoms with van der Waals surface area (Å²) in [5.74, 6) is -0.237. The number of nitrogens with zero attached hydrogens (tertiary/aromatic N) is 1. The summed E-state index contributed by atoms with van der Waals surface area (Å²) in [6, 6.07) is 16.6. The molecule has 1 aliphatic heterocycles. The normalized spacial score (nSPS) is 12.4. The van der Waals surface area contributed by atoms with Crippen LogP contribution in [0.25, 0.3) is 0 Å². The average molecular weight is 475 g/mol. The van der Waals surface area contributed by atoms with Crippen molar-refractivity contribution >= 4 is 29.1 Å². The van der Waals surface area contributed by atoms with Gasteiger partial charge in [0.25, 0.3) is 17.7 Å². The van der Waals surface area contributed by atoms with E-state index in [1.165, 1.54) is 0 Å². The van der Waals surface area contributed by atoms with E-state index in [2.05, 4.69) is 5.32 Å². The first-order valence-electron chi connectivity index (χ1n) is 11.4. The Balaban J connectivity index is 1.69. The fraction of sp³-hybridized carbons (Fsp3) is 0.222. The minimum absolute atomic E-state index is 0.149. The van der Waals surface area contributed by atoms with Crippen LogP contribution in [0.15, 0.2) is 60.7 Å². The number of para-hydroxylation sites is 1. The number of ether oxygens (including phenoxy) is 3. The molecule has 0 saturated carbocycles. The van der Waals surface area contributed by atoms with Crippen molar-refractivity contribution in [3.8, 4) is 17.2 Å². The highest BCUT2D eigenvalue weighted by atomic mass is 16.5. The number of nitrogens with one attached hydrogen (secondary N) is 1. The number of imide groups is 1. The Morgan fingerprint density at radius 1 is 0.800 bits per heavy atom. The molecular formula is C27H26N2O6. The molecule has 0 aromatic heterocycles. The first-order chi connectivity index (χ1) is 17.0. The first kappa shape index (κ1) is 23.8. The van der Waals surface area contributed by atoms with Gasteiger partial charge >= 0.3 is 0 Å². The molecule has 0 aliphatic carbocycles. The molecule has 8 nitrogen and oxygen atoms in total. The van der Waals surface area contributed by atoms with Crippen molar-refractivity contribution in [3.05, 3.63) is 77.4 Å². The topological polar surface area (TPSA) is 94.2 Å². The third-order valence-corrected chi connectivity index (χ3v) is 5.35. The molecule has 1 heterocycles. The molecule has 0 fully saturated rings. The highest BCUT2D eigenvalue weighted by molar-refractivity contribution is 6.36. The van der Waals surface area contributed by atoms with Gasteiger partial charge in [-0.15, -0.1) is 0 Å². The van der Waals surface area contributed by atoms with E-state index in [-0.39, 0.29) is 22.4 Å². The lowest BCUT2D eigenvalue weighted by atomic mass is 10.1. The van der Waals surface area contributed by atoms with Gasteiger partial charge in [-0.05, 0) is 57.2 Å². The molecular weight excluding hydrogens is 448 g/mol. The molecule has 3 aromatic rings. The van der Waals surface area contributed by atoms with Crippen LogP contribution < -0.4 is 24.4 Å².